The molecule has 14 heavy (non-hydrogen) atoms. The molecule has 0 radical (unpaired) electrons. The highest BCUT2D eigenvalue weighted by Crippen LogP contribution is 1.98. The van der Waals surface area contributed by atoms with Crippen molar-refractivity contribution >= 4 is 11.8 Å². The summed E-state index contributed by atoms with van der Waals surface area (Å²) in [6.45, 7) is 1.72. The van der Waals surface area contributed by atoms with Gasteiger partial charge in [0.25, 0.3) is 11.8 Å². The molecule has 6 nitrogen and oxygen atoms in total. The highest BCUT2D eigenvalue weighted by Gasteiger charge is 1.95. The summed E-state index contributed by atoms with van der Waals surface area (Å²) < 4.78 is 0. The van der Waals surface area contributed by atoms with Crippen LogP contribution in [0.15, 0.2) is 24.3 Å². The molecule has 0 aliphatic rings. The summed E-state index contributed by atoms with van der Waals surface area (Å²) in [7, 11) is 0. The van der Waals surface area contributed by atoms with Gasteiger partial charge >= 0.3 is 0 Å². The third-order valence-electron chi connectivity index (χ3n) is 1.32. The summed E-state index contributed by atoms with van der Waals surface area (Å²) in [4.78, 5) is 21.0. The van der Waals surface area contributed by atoms with E-state index in [1.165, 1.54) is 23.1 Å². The van der Waals surface area contributed by atoms with Crippen molar-refractivity contribution in [2.24, 2.45) is 5.92 Å². The molecule has 0 unspecified atom stereocenters. The number of carbonyl (C=O) groups is 2. The zero-order valence-electron chi connectivity index (χ0n) is 7.60. The van der Waals surface area contributed by atoms with Gasteiger partial charge in [-0.15, -0.1) is 0 Å². The molecule has 0 saturated heterocycles. The normalized spacial score (nSPS) is 13.1. The number of rotatable bonds is 4. The molecule has 0 aromatic heterocycles. The van der Waals surface area contributed by atoms with Gasteiger partial charge in [-0.05, 0) is 5.92 Å². The maximum atomic E-state index is 10.5. The number of hydrogen-bond acceptors (Lipinski definition) is 4. The van der Waals surface area contributed by atoms with E-state index in [4.69, 9.17) is 10.4 Å². The summed E-state index contributed by atoms with van der Waals surface area (Å²) in [5.74, 6) is -1.45. The van der Waals surface area contributed by atoms with Crippen molar-refractivity contribution in [3.8, 4) is 0 Å². The molecule has 4 N–H and O–H groups in total. The number of carbonyl (C=O) groups excluding carboxylic acids is 2. The first kappa shape index (κ1) is 12.3. The van der Waals surface area contributed by atoms with Crippen LogP contribution in [0.1, 0.15) is 6.92 Å². The maximum absolute atomic E-state index is 10.5. The van der Waals surface area contributed by atoms with Crippen LogP contribution < -0.4 is 11.0 Å². The number of amides is 2. The minimum absolute atomic E-state index is 0.162. The van der Waals surface area contributed by atoms with Crippen LogP contribution in [0.3, 0.4) is 0 Å². The van der Waals surface area contributed by atoms with E-state index in [9.17, 15) is 9.59 Å². The molecule has 0 atom stereocenters. The molecule has 0 aromatic carbocycles. The van der Waals surface area contributed by atoms with Gasteiger partial charge < -0.3 is 0 Å². The highest BCUT2D eigenvalue weighted by atomic mass is 16.5. The highest BCUT2D eigenvalue weighted by molar-refractivity contribution is 5.87. The molecule has 6 heteroatoms. The fraction of sp³-hybridized carbons (Fsp3) is 0.250. The summed E-state index contributed by atoms with van der Waals surface area (Å²) in [5.41, 5.74) is 2.85. The minimum atomic E-state index is -0.642. The van der Waals surface area contributed by atoms with Crippen molar-refractivity contribution in [3.63, 3.8) is 0 Å². The van der Waals surface area contributed by atoms with E-state index in [-0.39, 0.29) is 5.92 Å². The molecule has 0 saturated carbocycles. The molecule has 0 spiro atoms. The van der Waals surface area contributed by atoms with Crippen LogP contribution in [0.4, 0.5) is 0 Å². The largest absolute Gasteiger partial charge is 0.288 e. The Hall–Kier alpha value is -1.66. The Morgan fingerprint density at radius 3 is 1.71 bits per heavy atom. The first-order chi connectivity index (χ1) is 6.60. The van der Waals surface area contributed by atoms with Crippen molar-refractivity contribution in [1.29, 1.82) is 0 Å². The van der Waals surface area contributed by atoms with E-state index in [2.05, 4.69) is 0 Å². The Morgan fingerprint density at radius 1 is 1.07 bits per heavy atom. The van der Waals surface area contributed by atoms with Gasteiger partial charge in [-0.3, -0.25) is 20.0 Å². The molecular formula is C8H12N2O4. The van der Waals surface area contributed by atoms with Gasteiger partial charge in [0.2, 0.25) is 0 Å². The molecule has 0 bridgehead atoms. The zero-order valence-corrected chi connectivity index (χ0v) is 7.60. The summed E-state index contributed by atoms with van der Waals surface area (Å²) in [6, 6.07) is 0. The smallest absolute Gasteiger partial charge is 0.267 e. The topological polar surface area (TPSA) is 98.7 Å². The van der Waals surface area contributed by atoms with Crippen molar-refractivity contribution < 1.29 is 20.0 Å². The summed E-state index contributed by atoms with van der Waals surface area (Å²) in [5, 5.41) is 16.3. The van der Waals surface area contributed by atoms with Crippen molar-refractivity contribution in [3.05, 3.63) is 24.3 Å². The van der Waals surface area contributed by atoms with Crippen LogP contribution in [0.2, 0.25) is 0 Å². The van der Waals surface area contributed by atoms with Crippen LogP contribution in [-0.2, 0) is 9.59 Å². The summed E-state index contributed by atoms with van der Waals surface area (Å²) in [6.07, 6.45) is 5.22. The van der Waals surface area contributed by atoms with E-state index in [0.717, 1.165) is 12.2 Å². The molecule has 78 valence electrons. The van der Waals surface area contributed by atoms with Crippen LogP contribution in [0.5, 0.6) is 0 Å². The third-order valence-corrected chi connectivity index (χ3v) is 1.32. The molecule has 0 aromatic rings. The fourth-order valence-corrected chi connectivity index (χ4v) is 0.617. The Kier molecular flexibility index (Phi) is 6.01. The zero-order chi connectivity index (χ0) is 11.0. The summed E-state index contributed by atoms with van der Waals surface area (Å²) >= 11 is 0. The Balaban J connectivity index is 4.03. The van der Waals surface area contributed by atoms with Gasteiger partial charge in [-0.2, -0.15) is 0 Å². The molecule has 0 aliphatic heterocycles. The van der Waals surface area contributed by atoms with E-state index >= 15 is 0 Å². The predicted octanol–water partition coefficient (Wildman–Crippen LogP) is -0.254. The van der Waals surface area contributed by atoms with E-state index in [0.29, 0.717) is 0 Å². The lowest BCUT2D eigenvalue weighted by atomic mass is 10.1. The number of hydroxylamine groups is 2. The molecule has 0 heterocycles. The van der Waals surface area contributed by atoms with Gasteiger partial charge in [-0.1, -0.05) is 19.1 Å². The predicted molar refractivity (Wildman–Crippen MR) is 47.3 cm³/mol. The lowest BCUT2D eigenvalue weighted by Crippen LogP contribution is -2.16. The van der Waals surface area contributed by atoms with Gasteiger partial charge in [0, 0.05) is 12.2 Å². The fourth-order valence-electron chi connectivity index (χ4n) is 0.617. The average Bonchev–Trinajstić information content (AvgIpc) is 2.22. The Labute approximate surface area is 80.8 Å². The van der Waals surface area contributed by atoms with Crippen LogP contribution in [0, 0.1) is 5.92 Å². The molecular weight excluding hydrogens is 188 g/mol. The van der Waals surface area contributed by atoms with Crippen molar-refractivity contribution in [1.82, 2.24) is 11.0 Å². The van der Waals surface area contributed by atoms with E-state index < -0.39 is 11.8 Å². The molecule has 0 rings (SSSR count). The van der Waals surface area contributed by atoms with Crippen molar-refractivity contribution in [2.45, 2.75) is 6.92 Å². The second-order valence-corrected chi connectivity index (χ2v) is 2.53. The molecule has 0 fully saturated rings. The first-order valence-corrected chi connectivity index (χ1v) is 3.84. The monoisotopic (exact) mass is 200 g/mol. The molecule has 0 aliphatic carbocycles. The SMILES string of the molecule is CC(C=CC(=O)NO)C=CC(=O)NO. The van der Waals surface area contributed by atoms with Gasteiger partial charge in [0.1, 0.15) is 0 Å². The van der Waals surface area contributed by atoms with Crippen molar-refractivity contribution in [2.75, 3.05) is 0 Å². The second-order valence-electron chi connectivity index (χ2n) is 2.53. The van der Waals surface area contributed by atoms with Gasteiger partial charge in [-0.25, -0.2) is 11.0 Å². The van der Waals surface area contributed by atoms with Crippen LogP contribution in [0.25, 0.3) is 0 Å². The molecule has 2 amide bonds. The maximum Gasteiger partial charge on any atom is 0.267 e. The lowest BCUT2D eigenvalue weighted by molar-refractivity contribution is -0.124. The van der Waals surface area contributed by atoms with Crippen LogP contribution in [-0.4, -0.2) is 22.2 Å². The number of allylic oxidation sites excluding steroid dienone is 2. The third kappa shape index (κ3) is 5.92. The van der Waals surface area contributed by atoms with E-state index in [1.54, 1.807) is 6.92 Å². The lowest BCUT2D eigenvalue weighted by Gasteiger charge is -1.96. The van der Waals surface area contributed by atoms with Gasteiger partial charge in [0.15, 0.2) is 0 Å². The van der Waals surface area contributed by atoms with Crippen LogP contribution >= 0.6 is 0 Å². The quantitative estimate of drug-likeness (QED) is 0.285. The number of nitrogens with one attached hydrogen (secondary N) is 2. The Morgan fingerprint density at radius 2 is 1.43 bits per heavy atom. The second kappa shape index (κ2) is 6.81. The minimum Gasteiger partial charge on any atom is -0.288 e. The van der Waals surface area contributed by atoms with E-state index in [1.807, 2.05) is 0 Å². The standard InChI is InChI=1S/C8H12N2O4/c1-6(2-4-7(11)9-13)3-5-8(12)10-14/h2-6,13-14H,1H3,(H,9,11)(H,10,12). The first-order valence-electron chi connectivity index (χ1n) is 3.84. The average molecular weight is 200 g/mol. The Bertz CT molecular complexity index is 234. The number of hydrogen-bond donors (Lipinski definition) is 4. The van der Waals surface area contributed by atoms with Gasteiger partial charge in [0.05, 0.1) is 0 Å².